The number of carbonyl (C=O) groups is 1. The zero-order valence-corrected chi connectivity index (χ0v) is 15.2. The van der Waals surface area contributed by atoms with Crippen molar-refractivity contribution in [3.05, 3.63) is 68.4 Å². The monoisotopic (exact) mass is 404 g/mol. The molecular weight excluding hydrogens is 392 g/mol. The summed E-state index contributed by atoms with van der Waals surface area (Å²) in [5.41, 5.74) is 1.17. The van der Waals surface area contributed by atoms with Crippen molar-refractivity contribution in [3.63, 3.8) is 0 Å². The van der Waals surface area contributed by atoms with Gasteiger partial charge in [-0.2, -0.15) is 0 Å². The maximum absolute atomic E-state index is 11.8. The van der Waals surface area contributed by atoms with E-state index in [4.69, 9.17) is 0 Å². The Bertz CT molecular complexity index is 808. The molecule has 0 saturated carbocycles. The van der Waals surface area contributed by atoms with Gasteiger partial charge < -0.3 is 5.32 Å². The van der Waals surface area contributed by atoms with Crippen LogP contribution in [0, 0.1) is 0 Å². The Morgan fingerprint density at radius 2 is 2.04 bits per heavy atom. The fraction of sp³-hybridized carbons (Fsp3) is 0.0588. The van der Waals surface area contributed by atoms with Crippen LogP contribution in [0.15, 0.2) is 58.5 Å². The van der Waals surface area contributed by atoms with E-state index in [0.717, 1.165) is 14.4 Å². The lowest BCUT2D eigenvalue weighted by Crippen LogP contribution is -2.19. The summed E-state index contributed by atoms with van der Waals surface area (Å²) in [6.07, 6.45) is 5.13. The number of carbonyl (C=O) groups excluding carboxylic acids is 1. The average Bonchev–Trinajstić information content (AvgIpc) is 3.23. The van der Waals surface area contributed by atoms with Gasteiger partial charge in [-0.05, 0) is 35.9 Å². The molecule has 0 bridgehead atoms. The van der Waals surface area contributed by atoms with Gasteiger partial charge in [0.1, 0.15) is 5.01 Å². The lowest BCUT2D eigenvalue weighted by atomic mass is 10.2. The molecule has 116 valence electrons. The van der Waals surface area contributed by atoms with Crippen LogP contribution in [0.5, 0.6) is 0 Å². The Hall–Kier alpha value is -1.76. The zero-order valence-electron chi connectivity index (χ0n) is 12.0. The molecule has 0 atom stereocenters. The van der Waals surface area contributed by atoms with E-state index in [1.54, 1.807) is 23.6 Å². The molecule has 0 aliphatic rings. The number of hydrogen-bond donors (Lipinski definition) is 1. The molecule has 0 unspecified atom stereocenters. The molecule has 2 aromatic heterocycles. The third kappa shape index (κ3) is 4.60. The second kappa shape index (κ2) is 7.68. The number of amides is 1. The van der Waals surface area contributed by atoms with E-state index < -0.39 is 0 Å². The summed E-state index contributed by atoms with van der Waals surface area (Å²) in [5.74, 6) is -0.112. The highest BCUT2D eigenvalue weighted by atomic mass is 79.9. The third-order valence-electron chi connectivity index (χ3n) is 3.05. The highest BCUT2D eigenvalue weighted by Crippen LogP contribution is 2.29. The van der Waals surface area contributed by atoms with Crippen LogP contribution >= 0.6 is 38.6 Å². The second-order valence-electron chi connectivity index (χ2n) is 4.69. The minimum absolute atomic E-state index is 0.112. The van der Waals surface area contributed by atoms with Gasteiger partial charge in [0, 0.05) is 31.9 Å². The minimum Gasteiger partial charge on any atom is -0.346 e. The number of aromatic nitrogens is 1. The summed E-state index contributed by atoms with van der Waals surface area (Å²) in [7, 11) is 0. The number of nitrogens with zero attached hydrogens (tertiary/aromatic N) is 1. The third-order valence-corrected chi connectivity index (χ3v) is 5.46. The number of benzene rings is 1. The number of thiophene rings is 1. The van der Waals surface area contributed by atoms with Crippen molar-refractivity contribution in [2.75, 3.05) is 0 Å². The van der Waals surface area contributed by atoms with Crippen molar-refractivity contribution < 1.29 is 4.79 Å². The van der Waals surface area contributed by atoms with Crippen LogP contribution in [0.2, 0.25) is 0 Å². The molecule has 23 heavy (non-hydrogen) atoms. The second-order valence-corrected chi connectivity index (χ2v) is 7.70. The summed E-state index contributed by atoms with van der Waals surface area (Å²) >= 11 is 6.62. The lowest BCUT2D eigenvalue weighted by Gasteiger charge is -1.97. The first-order valence-electron chi connectivity index (χ1n) is 6.91. The Kier molecular flexibility index (Phi) is 5.38. The first-order chi connectivity index (χ1) is 11.2. The molecule has 3 nitrogen and oxygen atoms in total. The molecular formula is C17H13BrN2OS2. The number of nitrogens with one attached hydrogen (secondary N) is 1. The summed E-state index contributed by atoms with van der Waals surface area (Å²) in [4.78, 5) is 18.2. The standard InChI is InChI=1S/C17H13BrN2OS2/c18-13-3-1-12(2-4-13)15-7-5-14(23-15)6-8-16(21)20-11-17-19-9-10-22-17/h1-10H,11H2,(H,20,21)/b8-6-. The van der Waals surface area contributed by atoms with Gasteiger partial charge in [-0.25, -0.2) is 4.98 Å². The van der Waals surface area contributed by atoms with E-state index in [9.17, 15) is 4.79 Å². The van der Waals surface area contributed by atoms with E-state index in [0.29, 0.717) is 6.54 Å². The normalized spacial score (nSPS) is 11.0. The van der Waals surface area contributed by atoms with Gasteiger partial charge in [0.25, 0.3) is 0 Å². The fourth-order valence-electron chi connectivity index (χ4n) is 1.93. The molecule has 0 aliphatic heterocycles. The average molecular weight is 405 g/mol. The van der Waals surface area contributed by atoms with Gasteiger partial charge in [0.15, 0.2) is 0 Å². The molecule has 1 N–H and O–H groups in total. The van der Waals surface area contributed by atoms with Crippen molar-refractivity contribution >= 4 is 50.6 Å². The van der Waals surface area contributed by atoms with Crippen molar-refractivity contribution in [1.29, 1.82) is 0 Å². The molecule has 3 aromatic rings. The number of halogens is 1. The number of hydrogen-bond acceptors (Lipinski definition) is 4. The largest absolute Gasteiger partial charge is 0.346 e. The SMILES string of the molecule is O=C(/C=C\c1ccc(-c2ccc(Br)cc2)s1)NCc1nccs1. The molecule has 0 saturated heterocycles. The van der Waals surface area contributed by atoms with Crippen LogP contribution in [-0.2, 0) is 11.3 Å². The zero-order chi connectivity index (χ0) is 16.1. The molecule has 2 heterocycles. The smallest absolute Gasteiger partial charge is 0.244 e. The van der Waals surface area contributed by atoms with Crippen LogP contribution < -0.4 is 5.32 Å². The Balaban J connectivity index is 1.59. The Morgan fingerprint density at radius 3 is 2.78 bits per heavy atom. The van der Waals surface area contributed by atoms with Gasteiger partial charge in [0.2, 0.25) is 5.91 Å². The first-order valence-corrected chi connectivity index (χ1v) is 9.40. The van der Waals surface area contributed by atoms with E-state index in [1.807, 2.05) is 29.7 Å². The van der Waals surface area contributed by atoms with Gasteiger partial charge in [-0.3, -0.25) is 4.79 Å². The lowest BCUT2D eigenvalue weighted by molar-refractivity contribution is -0.116. The van der Waals surface area contributed by atoms with Gasteiger partial charge in [0.05, 0.1) is 6.54 Å². The van der Waals surface area contributed by atoms with E-state index in [2.05, 4.69) is 44.4 Å². The van der Waals surface area contributed by atoms with Gasteiger partial charge in [-0.1, -0.05) is 28.1 Å². The molecule has 0 aliphatic carbocycles. The van der Waals surface area contributed by atoms with Crippen molar-refractivity contribution in [1.82, 2.24) is 10.3 Å². The topological polar surface area (TPSA) is 42.0 Å². The molecule has 0 spiro atoms. The number of thiazole rings is 1. The van der Waals surface area contributed by atoms with Crippen molar-refractivity contribution in [3.8, 4) is 10.4 Å². The Morgan fingerprint density at radius 1 is 1.22 bits per heavy atom. The highest BCUT2D eigenvalue weighted by Gasteiger charge is 2.02. The van der Waals surface area contributed by atoms with Crippen LogP contribution in [0.1, 0.15) is 9.88 Å². The van der Waals surface area contributed by atoms with Crippen LogP contribution in [-0.4, -0.2) is 10.9 Å². The minimum atomic E-state index is -0.112. The molecule has 0 radical (unpaired) electrons. The van der Waals surface area contributed by atoms with Crippen LogP contribution in [0.25, 0.3) is 16.5 Å². The van der Waals surface area contributed by atoms with E-state index in [-0.39, 0.29) is 5.91 Å². The molecule has 1 aromatic carbocycles. The quantitative estimate of drug-likeness (QED) is 0.610. The highest BCUT2D eigenvalue weighted by molar-refractivity contribution is 9.10. The number of rotatable bonds is 5. The Labute approximate surface area is 150 Å². The maximum Gasteiger partial charge on any atom is 0.244 e. The van der Waals surface area contributed by atoms with Crippen LogP contribution in [0.3, 0.4) is 0 Å². The summed E-state index contributed by atoms with van der Waals surface area (Å²) in [6.45, 7) is 0.468. The van der Waals surface area contributed by atoms with E-state index >= 15 is 0 Å². The molecule has 0 fully saturated rings. The summed E-state index contributed by atoms with van der Waals surface area (Å²) in [6, 6.07) is 12.3. The molecule has 3 rings (SSSR count). The first kappa shape index (κ1) is 16.1. The van der Waals surface area contributed by atoms with Gasteiger partial charge >= 0.3 is 0 Å². The van der Waals surface area contributed by atoms with Crippen LogP contribution in [0.4, 0.5) is 0 Å². The van der Waals surface area contributed by atoms with E-state index in [1.165, 1.54) is 21.8 Å². The maximum atomic E-state index is 11.8. The predicted molar refractivity (Wildman–Crippen MR) is 100 cm³/mol. The molecule has 6 heteroatoms. The predicted octanol–water partition coefficient (Wildman–Crippen LogP) is 4.96. The molecule has 1 amide bonds. The van der Waals surface area contributed by atoms with Gasteiger partial charge in [-0.15, -0.1) is 22.7 Å². The fourth-order valence-corrected chi connectivity index (χ4v) is 3.67. The summed E-state index contributed by atoms with van der Waals surface area (Å²) in [5, 5.41) is 5.62. The van der Waals surface area contributed by atoms with Crippen molar-refractivity contribution in [2.45, 2.75) is 6.54 Å². The van der Waals surface area contributed by atoms with Crippen molar-refractivity contribution in [2.24, 2.45) is 0 Å². The summed E-state index contributed by atoms with van der Waals surface area (Å²) < 4.78 is 1.06.